The highest BCUT2D eigenvalue weighted by Crippen LogP contribution is 2.20. The normalized spacial score (nSPS) is 21.5. The van der Waals surface area contributed by atoms with Gasteiger partial charge in [0.15, 0.2) is 5.69 Å². The molecule has 0 spiro atoms. The third-order valence-electron chi connectivity index (χ3n) is 2.11. The molecule has 6 heteroatoms. The Morgan fingerprint density at radius 2 is 2.57 bits per heavy atom. The summed E-state index contributed by atoms with van der Waals surface area (Å²) < 4.78 is 17.7. The Bertz CT molecular complexity index is 352. The van der Waals surface area contributed by atoms with E-state index in [-0.39, 0.29) is 18.3 Å². The van der Waals surface area contributed by atoms with Crippen LogP contribution in [0.25, 0.3) is 0 Å². The smallest absolute Gasteiger partial charge is 0.357 e. The van der Waals surface area contributed by atoms with Crippen LogP contribution in [0.3, 0.4) is 0 Å². The minimum absolute atomic E-state index is 0.151. The monoisotopic (exact) mass is 200 g/mol. The van der Waals surface area contributed by atoms with Gasteiger partial charge in [0, 0.05) is 6.54 Å². The van der Waals surface area contributed by atoms with Crippen molar-refractivity contribution in [1.82, 2.24) is 4.98 Å². The van der Waals surface area contributed by atoms with Crippen molar-refractivity contribution in [2.45, 2.75) is 12.6 Å². The van der Waals surface area contributed by atoms with Gasteiger partial charge in [0.05, 0.1) is 6.54 Å². The van der Waals surface area contributed by atoms with Crippen LogP contribution in [0, 0.1) is 0 Å². The zero-order valence-corrected chi connectivity index (χ0v) is 7.31. The molecule has 0 saturated carbocycles. The van der Waals surface area contributed by atoms with E-state index in [1.807, 2.05) is 0 Å². The van der Waals surface area contributed by atoms with Gasteiger partial charge < -0.3 is 14.4 Å². The number of aromatic carboxylic acids is 1. The van der Waals surface area contributed by atoms with Crippen LogP contribution in [0.2, 0.25) is 0 Å². The highest BCUT2D eigenvalue weighted by molar-refractivity contribution is 5.85. The molecule has 0 amide bonds. The van der Waals surface area contributed by atoms with Crippen molar-refractivity contribution < 1.29 is 18.7 Å². The van der Waals surface area contributed by atoms with E-state index < -0.39 is 12.1 Å². The standard InChI is InChI=1S/C8H9FN2O3/c9-5-1-2-11(3-5)8-10-6(4-14-8)7(12)13/h4-5H,1-3H2,(H,12,13)/t5-/m1/s1. The minimum atomic E-state index is -1.14. The Hall–Kier alpha value is -1.59. The largest absolute Gasteiger partial charge is 0.476 e. The fourth-order valence-corrected chi connectivity index (χ4v) is 1.40. The van der Waals surface area contributed by atoms with Crippen molar-refractivity contribution in [1.29, 1.82) is 0 Å². The van der Waals surface area contributed by atoms with Gasteiger partial charge in [-0.05, 0) is 6.42 Å². The van der Waals surface area contributed by atoms with Crippen molar-refractivity contribution in [3.8, 4) is 0 Å². The van der Waals surface area contributed by atoms with Crippen molar-refractivity contribution in [3.63, 3.8) is 0 Å². The number of nitrogens with zero attached hydrogens (tertiary/aromatic N) is 2. The number of alkyl halides is 1. The lowest BCUT2D eigenvalue weighted by Crippen LogP contribution is -2.20. The Morgan fingerprint density at radius 3 is 3.07 bits per heavy atom. The average Bonchev–Trinajstić information content (AvgIpc) is 2.70. The molecule has 1 saturated heterocycles. The Labute approximate surface area is 79.1 Å². The fraction of sp³-hybridized carbons (Fsp3) is 0.500. The topological polar surface area (TPSA) is 66.6 Å². The number of rotatable bonds is 2. The van der Waals surface area contributed by atoms with Crippen LogP contribution in [0.15, 0.2) is 10.7 Å². The number of carboxylic acid groups (broad SMARTS) is 1. The van der Waals surface area contributed by atoms with Crippen LogP contribution >= 0.6 is 0 Å². The van der Waals surface area contributed by atoms with Crippen LogP contribution < -0.4 is 4.90 Å². The number of anilines is 1. The molecular formula is C8H9FN2O3. The summed E-state index contributed by atoms with van der Waals surface area (Å²) in [4.78, 5) is 15.8. The highest BCUT2D eigenvalue weighted by Gasteiger charge is 2.25. The maximum atomic E-state index is 12.8. The van der Waals surface area contributed by atoms with Gasteiger partial charge >= 0.3 is 5.97 Å². The Kier molecular flexibility index (Phi) is 2.11. The highest BCUT2D eigenvalue weighted by atomic mass is 19.1. The van der Waals surface area contributed by atoms with E-state index in [0.29, 0.717) is 13.0 Å². The summed E-state index contributed by atoms with van der Waals surface area (Å²) >= 11 is 0. The van der Waals surface area contributed by atoms with Crippen LogP contribution in [0.4, 0.5) is 10.4 Å². The van der Waals surface area contributed by atoms with E-state index in [4.69, 9.17) is 9.52 Å². The summed E-state index contributed by atoms with van der Waals surface area (Å²) in [7, 11) is 0. The third-order valence-corrected chi connectivity index (χ3v) is 2.11. The molecule has 1 aliphatic rings. The van der Waals surface area contributed by atoms with E-state index in [9.17, 15) is 9.18 Å². The van der Waals surface area contributed by atoms with Crippen molar-refractivity contribution in [2.24, 2.45) is 0 Å². The molecule has 14 heavy (non-hydrogen) atoms. The van der Waals surface area contributed by atoms with Crippen molar-refractivity contribution in [3.05, 3.63) is 12.0 Å². The second-order valence-electron chi connectivity index (χ2n) is 3.15. The molecule has 0 unspecified atom stereocenters. The van der Waals surface area contributed by atoms with Crippen LogP contribution in [0.1, 0.15) is 16.9 Å². The van der Waals surface area contributed by atoms with Gasteiger partial charge in [0.2, 0.25) is 0 Å². The number of hydrogen-bond donors (Lipinski definition) is 1. The molecule has 2 rings (SSSR count). The predicted octanol–water partition coefficient (Wildman–Crippen LogP) is 0.921. The lowest BCUT2D eigenvalue weighted by Gasteiger charge is -2.10. The molecule has 2 heterocycles. The third kappa shape index (κ3) is 1.55. The van der Waals surface area contributed by atoms with Gasteiger partial charge in [-0.3, -0.25) is 0 Å². The van der Waals surface area contributed by atoms with Crippen LogP contribution in [0.5, 0.6) is 0 Å². The number of carboxylic acids is 1. The fourth-order valence-electron chi connectivity index (χ4n) is 1.40. The molecule has 0 radical (unpaired) electrons. The first-order valence-corrected chi connectivity index (χ1v) is 4.24. The summed E-state index contributed by atoms with van der Waals surface area (Å²) in [5, 5.41) is 8.58. The predicted molar refractivity (Wildman–Crippen MR) is 45.2 cm³/mol. The molecule has 5 nitrogen and oxygen atoms in total. The summed E-state index contributed by atoms with van der Waals surface area (Å²) in [5.74, 6) is -1.14. The Morgan fingerprint density at radius 1 is 1.79 bits per heavy atom. The minimum Gasteiger partial charge on any atom is -0.476 e. The second kappa shape index (κ2) is 3.28. The summed E-state index contributed by atoms with van der Waals surface area (Å²) in [6, 6.07) is 0.183. The molecule has 0 aliphatic carbocycles. The first-order chi connectivity index (χ1) is 6.66. The van der Waals surface area contributed by atoms with Crippen LogP contribution in [-0.2, 0) is 0 Å². The van der Waals surface area contributed by atoms with E-state index in [2.05, 4.69) is 4.98 Å². The molecule has 76 valence electrons. The maximum absolute atomic E-state index is 12.8. The SMILES string of the molecule is O=C(O)c1coc(N2CC[C@@H](F)C2)n1. The summed E-state index contributed by atoms with van der Waals surface area (Å²) in [5.41, 5.74) is -0.151. The van der Waals surface area contributed by atoms with Gasteiger partial charge in [-0.2, -0.15) is 4.98 Å². The molecule has 1 aliphatic heterocycles. The van der Waals surface area contributed by atoms with Gasteiger partial charge in [0.25, 0.3) is 6.01 Å². The molecule has 1 aromatic rings. The summed E-state index contributed by atoms with van der Waals surface area (Å²) in [6.07, 6.45) is 0.615. The van der Waals surface area contributed by atoms with E-state index in [1.54, 1.807) is 4.90 Å². The number of halogens is 1. The van der Waals surface area contributed by atoms with Crippen molar-refractivity contribution in [2.75, 3.05) is 18.0 Å². The van der Waals surface area contributed by atoms with E-state index >= 15 is 0 Å². The van der Waals surface area contributed by atoms with Crippen molar-refractivity contribution >= 4 is 12.0 Å². The number of hydrogen-bond acceptors (Lipinski definition) is 4. The number of aromatic nitrogens is 1. The molecule has 1 fully saturated rings. The molecular weight excluding hydrogens is 191 g/mol. The molecule has 1 aromatic heterocycles. The summed E-state index contributed by atoms with van der Waals surface area (Å²) in [6.45, 7) is 0.736. The van der Waals surface area contributed by atoms with E-state index in [0.717, 1.165) is 6.26 Å². The Balaban J connectivity index is 2.13. The zero-order valence-electron chi connectivity index (χ0n) is 7.31. The second-order valence-corrected chi connectivity index (χ2v) is 3.15. The lowest BCUT2D eigenvalue weighted by molar-refractivity contribution is 0.0690. The van der Waals surface area contributed by atoms with Gasteiger partial charge in [-0.1, -0.05) is 0 Å². The lowest BCUT2D eigenvalue weighted by atomic mass is 10.3. The van der Waals surface area contributed by atoms with Gasteiger partial charge in [-0.25, -0.2) is 9.18 Å². The molecule has 1 atom stereocenters. The number of oxazole rings is 1. The van der Waals surface area contributed by atoms with E-state index in [1.165, 1.54) is 0 Å². The molecule has 1 N–H and O–H groups in total. The molecule has 0 aromatic carbocycles. The van der Waals surface area contributed by atoms with Gasteiger partial charge in [-0.15, -0.1) is 0 Å². The first-order valence-electron chi connectivity index (χ1n) is 4.24. The maximum Gasteiger partial charge on any atom is 0.357 e. The number of carbonyl (C=O) groups is 1. The zero-order chi connectivity index (χ0) is 10.1. The molecule has 0 bridgehead atoms. The average molecular weight is 200 g/mol. The van der Waals surface area contributed by atoms with Crippen LogP contribution in [-0.4, -0.2) is 35.3 Å². The first kappa shape index (κ1) is 8.98. The van der Waals surface area contributed by atoms with Gasteiger partial charge in [0.1, 0.15) is 12.4 Å². The quantitative estimate of drug-likeness (QED) is 0.768.